The Morgan fingerprint density at radius 3 is 2.81 bits per heavy atom. The number of halogens is 1. The van der Waals surface area contributed by atoms with E-state index in [0.717, 1.165) is 28.7 Å². The van der Waals surface area contributed by atoms with Gasteiger partial charge in [0.2, 0.25) is 0 Å². The van der Waals surface area contributed by atoms with Crippen LogP contribution >= 0.6 is 0 Å². The first kappa shape index (κ1) is 11.1. The topological polar surface area (TPSA) is 27.8 Å². The van der Waals surface area contributed by atoms with Crippen LogP contribution in [0.3, 0.4) is 0 Å². The van der Waals surface area contributed by atoms with Gasteiger partial charge >= 0.3 is 0 Å². The molecule has 0 aliphatic carbocycles. The first-order valence-corrected chi connectivity index (χ1v) is 5.58. The Morgan fingerprint density at radius 1 is 1.38 bits per heavy atom. The van der Waals surface area contributed by atoms with E-state index in [1.807, 2.05) is 6.92 Å². The summed E-state index contributed by atoms with van der Waals surface area (Å²) in [7, 11) is 0. The molecule has 0 unspecified atom stereocenters. The highest BCUT2D eigenvalue weighted by Gasteiger charge is 2.09. The Kier molecular flexibility index (Phi) is 2.97. The number of H-pyrrole nitrogens is 1. The third kappa shape index (κ3) is 2.09. The number of aromatic amines is 1. The van der Waals surface area contributed by atoms with Crippen molar-refractivity contribution in [2.45, 2.75) is 33.4 Å². The Hall–Kier alpha value is -1.35. The summed E-state index contributed by atoms with van der Waals surface area (Å²) in [5.74, 6) is -0.183. The van der Waals surface area contributed by atoms with Crippen molar-refractivity contribution >= 4 is 10.9 Å². The molecular formula is C13H17FN2. The van der Waals surface area contributed by atoms with Crippen LogP contribution in [0.5, 0.6) is 0 Å². The van der Waals surface area contributed by atoms with Crippen molar-refractivity contribution in [1.82, 2.24) is 10.3 Å². The predicted molar refractivity (Wildman–Crippen MR) is 65.0 cm³/mol. The highest BCUT2D eigenvalue weighted by molar-refractivity contribution is 5.84. The quantitative estimate of drug-likeness (QED) is 0.817. The summed E-state index contributed by atoms with van der Waals surface area (Å²) in [5.41, 5.74) is 3.26. The summed E-state index contributed by atoms with van der Waals surface area (Å²) < 4.78 is 13.2. The van der Waals surface area contributed by atoms with Crippen LogP contribution in [-0.4, -0.2) is 11.0 Å². The Morgan fingerprint density at radius 2 is 2.12 bits per heavy atom. The van der Waals surface area contributed by atoms with Gasteiger partial charge in [0.05, 0.1) is 0 Å². The van der Waals surface area contributed by atoms with Crippen molar-refractivity contribution in [3.63, 3.8) is 0 Å². The molecule has 0 amide bonds. The molecule has 0 fully saturated rings. The lowest BCUT2D eigenvalue weighted by Crippen LogP contribution is -2.22. The number of aromatic nitrogens is 1. The van der Waals surface area contributed by atoms with Gasteiger partial charge in [0.15, 0.2) is 0 Å². The van der Waals surface area contributed by atoms with E-state index in [4.69, 9.17) is 0 Å². The van der Waals surface area contributed by atoms with Crippen molar-refractivity contribution in [2.75, 3.05) is 0 Å². The summed E-state index contributed by atoms with van der Waals surface area (Å²) in [6, 6.07) is 5.29. The standard InChI is InChI=1S/C13H17FN2/c1-8(2)15-7-12-9(3)16-13-5-4-10(14)6-11(12)13/h4-6,8,15-16H,7H2,1-3H3. The normalized spacial score (nSPS) is 11.6. The second-order valence-corrected chi connectivity index (χ2v) is 4.45. The van der Waals surface area contributed by atoms with Crippen LogP contribution in [0.4, 0.5) is 4.39 Å². The van der Waals surface area contributed by atoms with Crippen molar-refractivity contribution in [3.8, 4) is 0 Å². The average Bonchev–Trinajstić information content (AvgIpc) is 2.51. The molecular weight excluding hydrogens is 203 g/mol. The minimum atomic E-state index is -0.183. The summed E-state index contributed by atoms with van der Waals surface area (Å²) >= 11 is 0. The first-order chi connectivity index (χ1) is 7.58. The predicted octanol–water partition coefficient (Wildman–Crippen LogP) is 3.11. The van der Waals surface area contributed by atoms with Crippen LogP contribution in [-0.2, 0) is 6.54 Å². The third-order valence-corrected chi connectivity index (χ3v) is 2.77. The van der Waals surface area contributed by atoms with Crippen LogP contribution < -0.4 is 5.32 Å². The zero-order chi connectivity index (χ0) is 11.7. The highest BCUT2D eigenvalue weighted by atomic mass is 19.1. The van der Waals surface area contributed by atoms with Gasteiger partial charge in [-0.25, -0.2) is 4.39 Å². The maximum absolute atomic E-state index is 13.2. The molecule has 0 radical (unpaired) electrons. The minimum Gasteiger partial charge on any atom is -0.358 e. The molecule has 2 N–H and O–H groups in total. The van der Waals surface area contributed by atoms with Crippen molar-refractivity contribution in [3.05, 3.63) is 35.3 Å². The third-order valence-electron chi connectivity index (χ3n) is 2.77. The Bertz CT molecular complexity index is 500. The number of rotatable bonds is 3. The average molecular weight is 220 g/mol. The van der Waals surface area contributed by atoms with E-state index in [1.165, 1.54) is 6.07 Å². The summed E-state index contributed by atoms with van der Waals surface area (Å²) in [6.45, 7) is 7.00. The van der Waals surface area contributed by atoms with Crippen molar-refractivity contribution in [1.29, 1.82) is 0 Å². The Balaban J connectivity index is 2.42. The Labute approximate surface area is 94.9 Å². The molecule has 3 heteroatoms. The van der Waals surface area contributed by atoms with Crippen molar-refractivity contribution in [2.24, 2.45) is 0 Å². The van der Waals surface area contributed by atoms with Crippen LogP contribution in [0.2, 0.25) is 0 Å². The molecule has 2 rings (SSSR count). The zero-order valence-corrected chi connectivity index (χ0v) is 9.89. The molecule has 1 aromatic carbocycles. The van der Waals surface area contributed by atoms with Gasteiger partial charge in [0.1, 0.15) is 5.82 Å². The molecule has 0 saturated carbocycles. The molecule has 16 heavy (non-hydrogen) atoms. The second kappa shape index (κ2) is 4.26. The fraction of sp³-hybridized carbons (Fsp3) is 0.385. The van der Waals surface area contributed by atoms with E-state index in [1.54, 1.807) is 12.1 Å². The van der Waals surface area contributed by atoms with E-state index < -0.39 is 0 Å². The number of fused-ring (bicyclic) bond motifs is 1. The molecule has 0 spiro atoms. The maximum Gasteiger partial charge on any atom is 0.123 e. The molecule has 0 aliphatic heterocycles. The van der Waals surface area contributed by atoms with E-state index in [-0.39, 0.29) is 5.82 Å². The monoisotopic (exact) mass is 220 g/mol. The van der Waals surface area contributed by atoms with Crippen LogP contribution in [0.15, 0.2) is 18.2 Å². The summed E-state index contributed by atoms with van der Waals surface area (Å²) in [6.07, 6.45) is 0. The van der Waals surface area contributed by atoms with Crippen LogP contribution in [0.1, 0.15) is 25.1 Å². The van der Waals surface area contributed by atoms with Crippen LogP contribution in [0.25, 0.3) is 10.9 Å². The van der Waals surface area contributed by atoms with Gasteiger partial charge in [-0.05, 0) is 30.7 Å². The lowest BCUT2D eigenvalue weighted by molar-refractivity contribution is 0.589. The number of aryl methyl sites for hydroxylation is 1. The summed E-state index contributed by atoms with van der Waals surface area (Å²) in [5, 5.41) is 4.34. The van der Waals surface area contributed by atoms with Gasteiger partial charge in [-0.1, -0.05) is 13.8 Å². The van der Waals surface area contributed by atoms with Gasteiger partial charge in [-0.15, -0.1) is 0 Å². The molecule has 1 aromatic heterocycles. The van der Waals surface area contributed by atoms with Gasteiger partial charge in [0.25, 0.3) is 0 Å². The SMILES string of the molecule is Cc1[nH]c2ccc(F)cc2c1CNC(C)C. The van der Waals surface area contributed by atoms with Gasteiger partial charge in [0, 0.05) is 29.2 Å². The highest BCUT2D eigenvalue weighted by Crippen LogP contribution is 2.22. The van der Waals surface area contributed by atoms with E-state index >= 15 is 0 Å². The number of nitrogens with one attached hydrogen (secondary N) is 2. The molecule has 2 nitrogen and oxygen atoms in total. The van der Waals surface area contributed by atoms with Gasteiger partial charge in [-0.2, -0.15) is 0 Å². The van der Waals surface area contributed by atoms with Gasteiger partial charge < -0.3 is 10.3 Å². The number of hydrogen-bond donors (Lipinski definition) is 2. The second-order valence-electron chi connectivity index (χ2n) is 4.45. The number of hydrogen-bond acceptors (Lipinski definition) is 1. The zero-order valence-electron chi connectivity index (χ0n) is 9.89. The number of benzene rings is 1. The van der Waals surface area contributed by atoms with Gasteiger partial charge in [-0.3, -0.25) is 0 Å². The smallest absolute Gasteiger partial charge is 0.123 e. The van der Waals surface area contributed by atoms with E-state index in [0.29, 0.717) is 6.04 Å². The molecule has 0 saturated heterocycles. The van der Waals surface area contributed by atoms with Crippen molar-refractivity contribution < 1.29 is 4.39 Å². The molecule has 0 aliphatic rings. The lowest BCUT2D eigenvalue weighted by Gasteiger charge is -2.08. The first-order valence-electron chi connectivity index (χ1n) is 5.58. The molecule has 0 atom stereocenters. The lowest BCUT2D eigenvalue weighted by atomic mass is 10.1. The largest absolute Gasteiger partial charge is 0.358 e. The molecule has 2 aromatic rings. The van der Waals surface area contributed by atoms with E-state index in [2.05, 4.69) is 24.1 Å². The molecule has 0 bridgehead atoms. The van der Waals surface area contributed by atoms with E-state index in [9.17, 15) is 4.39 Å². The van der Waals surface area contributed by atoms with Crippen LogP contribution in [0, 0.1) is 12.7 Å². The molecule has 1 heterocycles. The maximum atomic E-state index is 13.2. The summed E-state index contributed by atoms with van der Waals surface area (Å²) in [4.78, 5) is 3.27. The fourth-order valence-corrected chi connectivity index (χ4v) is 1.89. The molecule has 86 valence electrons. The fourth-order valence-electron chi connectivity index (χ4n) is 1.89. The minimum absolute atomic E-state index is 0.183.